The van der Waals surface area contributed by atoms with Crippen LogP contribution in [0.3, 0.4) is 0 Å². The summed E-state index contributed by atoms with van der Waals surface area (Å²) >= 11 is 0. The number of anilines is 1. The maximum atomic E-state index is 2.60. The zero-order chi connectivity index (χ0) is 14.4. The number of fused-ring (bicyclic) bond motifs is 3. The van der Waals surface area contributed by atoms with E-state index in [0.717, 1.165) is 0 Å². The highest BCUT2D eigenvalue weighted by molar-refractivity contribution is 5.51. The van der Waals surface area contributed by atoms with E-state index in [1.807, 2.05) is 0 Å². The van der Waals surface area contributed by atoms with Crippen molar-refractivity contribution < 1.29 is 4.57 Å². The molecule has 2 nitrogen and oxygen atoms in total. The molecule has 0 N–H and O–H groups in total. The van der Waals surface area contributed by atoms with Crippen LogP contribution >= 0.6 is 0 Å². The maximum absolute atomic E-state index is 2.60. The Balaban J connectivity index is 1.86. The molecule has 0 bridgehead atoms. The van der Waals surface area contributed by atoms with Crippen LogP contribution in [0, 0.1) is 11.8 Å². The van der Waals surface area contributed by atoms with E-state index in [9.17, 15) is 0 Å². The van der Waals surface area contributed by atoms with E-state index in [-0.39, 0.29) is 0 Å². The van der Waals surface area contributed by atoms with E-state index in [0.29, 0.717) is 23.9 Å². The third kappa shape index (κ3) is 1.82. The fourth-order valence-electron chi connectivity index (χ4n) is 4.10. The van der Waals surface area contributed by atoms with Crippen molar-refractivity contribution in [2.24, 2.45) is 18.9 Å². The summed E-state index contributed by atoms with van der Waals surface area (Å²) in [5.74, 6) is 2.43. The maximum Gasteiger partial charge on any atom is 0.277 e. The van der Waals surface area contributed by atoms with E-state index in [1.54, 1.807) is 0 Å². The molecule has 2 heterocycles. The highest BCUT2D eigenvalue weighted by Crippen LogP contribution is 2.45. The van der Waals surface area contributed by atoms with Gasteiger partial charge in [0.25, 0.3) is 5.82 Å². The zero-order valence-electron chi connectivity index (χ0n) is 12.6. The summed E-state index contributed by atoms with van der Waals surface area (Å²) in [6.07, 6.45) is 18.2. The zero-order valence-corrected chi connectivity index (χ0v) is 12.6. The van der Waals surface area contributed by atoms with Gasteiger partial charge in [0, 0.05) is 17.9 Å². The molecule has 0 aromatic carbocycles. The molecule has 1 aromatic rings. The van der Waals surface area contributed by atoms with Crippen LogP contribution in [0.1, 0.15) is 6.92 Å². The van der Waals surface area contributed by atoms with Gasteiger partial charge in [-0.25, -0.2) is 9.47 Å². The molecular weight excluding hydrogens is 256 g/mol. The molecule has 106 valence electrons. The molecular formula is C19H21N2+. The van der Waals surface area contributed by atoms with Crippen LogP contribution in [0.2, 0.25) is 0 Å². The Hall–Kier alpha value is -2.09. The quantitative estimate of drug-likeness (QED) is 0.716. The van der Waals surface area contributed by atoms with Crippen molar-refractivity contribution in [1.82, 2.24) is 0 Å². The van der Waals surface area contributed by atoms with Crippen molar-refractivity contribution in [2.45, 2.75) is 19.0 Å². The van der Waals surface area contributed by atoms with Crippen LogP contribution in [0.4, 0.5) is 5.82 Å². The number of rotatable bonds is 1. The number of pyridine rings is 1. The number of nitrogens with zero attached hydrogens (tertiary/aromatic N) is 2. The highest BCUT2D eigenvalue weighted by atomic mass is 15.3. The number of hydrogen-bond acceptors (Lipinski definition) is 1. The number of aryl methyl sites for hydroxylation is 1. The number of aromatic nitrogens is 1. The van der Waals surface area contributed by atoms with Gasteiger partial charge in [-0.2, -0.15) is 0 Å². The van der Waals surface area contributed by atoms with Gasteiger partial charge >= 0.3 is 0 Å². The molecule has 1 aromatic heterocycles. The Kier molecular flexibility index (Phi) is 2.85. The first kappa shape index (κ1) is 12.6. The third-order valence-corrected chi connectivity index (χ3v) is 5.03. The molecule has 4 unspecified atom stereocenters. The Morgan fingerprint density at radius 2 is 1.81 bits per heavy atom. The van der Waals surface area contributed by atoms with Gasteiger partial charge in [0.1, 0.15) is 12.1 Å². The Morgan fingerprint density at radius 3 is 2.67 bits per heavy atom. The van der Waals surface area contributed by atoms with E-state index < -0.39 is 0 Å². The molecule has 3 aliphatic rings. The second-order valence-corrected chi connectivity index (χ2v) is 6.23. The predicted octanol–water partition coefficient (Wildman–Crippen LogP) is 2.94. The largest absolute Gasteiger partial charge is 0.277 e. The van der Waals surface area contributed by atoms with Gasteiger partial charge < -0.3 is 0 Å². The minimum atomic E-state index is 0.449. The van der Waals surface area contributed by atoms with E-state index in [2.05, 4.69) is 90.4 Å². The molecule has 4 atom stereocenters. The van der Waals surface area contributed by atoms with Crippen LogP contribution < -0.4 is 9.47 Å². The van der Waals surface area contributed by atoms with E-state index in [1.165, 1.54) is 11.4 Å². The van der Waals surface area contributed by atoms with Crippen molar-refractivity contribution >= 4 is 5.82 Å². The lowest BCUT2D eigenvalue weighted by Crippen LogP contribution is -2.46. The minimum absolute atomic E-state index is 0.449. The molecule has 1 saturated heterocycles. The number of hydrogen-bond donors (Lipinski definition) is 0. The van der Waals surface area contributed by atoms with Crippen molar-refractivity contribution in [3.8, 4) is 0 Å². The van der Waals surface area contributed by atoms with Crippen molar-refractivity contribution in [1.29, 1.82) is 0 Å². The number of allylic oxidation sites excluding steroid dienone is 4. The van der Waals surface area contributed by atoms with Gasteiger partial charge in [0.2, 0.25) is 0 Å². The Morgan fingerprint density at radius 1 is 1.00 bits per heavy atom. The molecule has 0 saturated carbocycles. The molecule has 2 heteroatoms. The average molecular weight is 277 g/mol. The summed E-state index contributed by atoms with van der Waals surface area (Å²) in [5.41, 5.74) is 1.46. The highest BCUT2D eigenvalue weighted by Gasteiger charge is 2.53. The van der Waals surface area contributed by atoms with Crippen molar-refractivity contribution in [3.63, 3.8) is 0 Å². The summed E-state index contributed by atoms with van der Waals surface area (Å²) in [7, 11) is 2.14. The van der Waals surface area contributed by atoms with Gasteiger partial charge in [-0.15, -0.1) is 0 Å². The van der Waals surface area contributed by atoms with Gasteiger partial charge in [-0.3, -0.25) is 0 Å². The smallest absolute Gasteiger partial charge is 0.248 e. The lowest BCUT2D eigenvalue weighted by molar-refractivity contribution is -0.659. The van der Waals surface area contributed by atoms with Crippen LogP contribution in [-0.2, 0) is 7.05 Å². The second-order valence-electron chi connectivity index (χ2n) is 6.23. The first-order chi connectivity index (χ1) is 10.3. The lowest BCUT2D eigenvalue weighted by atomic mass is 9.81. The minimum Gasteiger partial charge on any atom is -0.248 e. The standard InChI is InChI=1S/C19H21N2/c1-14-8-7-10-16-15-9-3-4-11-17(15)21(19(14)16)18-12-5-6-13-20(18)2/h3-13,15-17,19H,1-2H3/q+1. The van der Waals surface area contributed by atoms with Crippen molar-refractivity contribution in [3.05, 3.63) is 72.5 Å². The van der Waals surface area contributed by atoms with Crippen LogP contribution in [-0.4, -0.2) is 12.1 Å². The van der Waals surface area contributed by atoms with Crippen molar-refractivity contribution in [2.75, 3.05) is 4.90 Å². The SMILES string of the molecule is CC1=CC=CC2C3C=CC=CC3N(c3cccc[n+]3C)C12. The molecule has 4 rings (SSSR count). The summed E-state index contributed by atoms with van der Waals surface area (Å²) < 4.78 is 2.23. The lowest BCUT2D eigenvalue weighted by Gasteiger charge is -2.27. The van der Waals surface area contributed by atoms with Gasteiger partial charge in [0.15, 0.2) is 0 Å². The molecule has 0 amide bonds. The fraction of sp³-hybridized carbons (Fsp3) is 0.316. The summed E-state index contributed by atoms with van der Waals surface area (Å²) in [5, 5.41) is 0. The first-order valence-corrected chi connectivity index (χ1v) is 7.70. The fourth-order valence-corrected chi connectivity index (χ4v) is 4.10. The van der Waals surface area contributed by atoms with Gasteiger partial charge in [-0.1, -0.05) is 42.5 Å². The first-order valence-electron chi connectivity index (χ1n) is 7.70. The topological polar surface area (TPSA) is 7.12 Å². The van der Waals surface area contributed by atoms with Crippen LogP contribution in [0.15, 0.2) is 72.5 Å². The molecule has 21 heavy (non-hydrogen) atoms. The average Bonchev–Trinajstić information content (AvgIpc) is 2.84. The third-order valence-electron chi connectivity index (χ3n) is 5.03. The Labute approximate surface area is 126 Å². The van der Waals surface area contributed by atoms with Crippen LogP contribution in [0.5, 0.6) is 0 Å². The van der Waals surface area contributed by atoms with Gasteiger partial charge in [0.05, 0.1) is 13.2 Å². The predicted molar refractivity (Wildman–Crippen MR) is 85.8 cm³/mol. The summed E-state index contributed by atoms with van der Waals surface area (Å²) in [6, 6.07) is 7.37. The normalized spacial score (nSPS) is 32.9. The molecule has 1 aliphatic heterocycles. The van der Waals surface area contributed by atoms with E-state index in [4.69, 9.17) is 0 Å². The molecule has 0 radical (unpaired) electrons. The van der Waals surface area contributed by atoms with Gasteiger partial charge in [-0.05, 0) is 24.6 Å². The monoisotopic (exact) mass is 277 g/mol. The molecule has 1 fully saturated rings. The van der Waals surface area contributed by atoms with Crippen LogP contribution in [0.25, 0.3) is 0 Å². The molecule has 0 spiro atoms. The summed E-state index contributed by atoms with van der Waals surface area (Å²) in [4.78, 5) is 2.60. The Bertz CT molecular complexity index is 681. The molecule has 2 aliphatic carbocycles. The van der Waals surface area contributed by atoms with E-state index >= 15 is 0 Å². The second kappa shape index (κ2) is 4.73. The summed E-state index contributed by atoms with van der Waals surface area (Å²) in [6.45, 7) is 2.27.